The SMILES string of the molecule is CC(C)NC(=O)CC(F)F. The van der Waals surface area contributed by atoms with E-state index >= 15 is 0 Å². The number of carbonyl (C=O) groups excluding carboxylic acids is 1. The zero-order valence-corrected chi connectivity index (χ0v) is 6.03. The molecule has 0 heterocycles. The molecule has 0 spiro atoms. The molecule has 60 valence electrons. The van der Waals surface area contributed by atoms with Crippen LogP contribution in [0.2, 0.25) is 0 Å². The van der Waals surface area contributed by atoms with Crippen molar-refractivity contribution in [1.29, 1.82) is 0 Å². The summed E-state index contributed by atoms with van der Waals surface area (Å²) in [5.41, 5.74) is 0. The molecule has 0 radical (unpaired) electrons. The molecule has 0 bridgehead atoms. The molecule has 0 saturated carbocycles. The van der Waals surface area contributed by atoms with Crippen LogP contribution in [-0.4, -0.2) is 18.4 Å². The Hall–Kier alpha value is -0.670. The minimum absolute atomic E-state index is 0.0637. The predicted octanol–water partition coefficient (Wildman–Crippen LogP) is 1.17. The van der Waals surface area contributed by atoms with E-state index in [0.29, 0.717) is 0 Å². The van der Waals surface area contributed by atoms with Gasteiger partial charge < -0.3 is 5.32 Å². The van der Waals surface area contributed by atoms with Gasteiger partial charge in [0.25, 0.3) is 0 Å². The quantitative estimate of drug-likeness (QED) is 0.644. The first-order valence-electron chi connectivity index (χ1n) is 3.10. The third kappa shape index (κ3) is 5.47. The summed E-state index contributed by atoms with van der Waals surface area (Å²) in [5, 5.41) is 2.36. The standard InChI is InChI=1S/C6H11F2NO/c1-4(2)9-6(10)3-5(7)8/h4-5H,3H2,1-2H3,(H,9,10). The van der Waals surface area contributed by atoms with Crippen molar-refractivity contribution in [3.8, 4) is 0 Å². The highest BCUT2D eigenvalue weighted by atomic mass is 19.3. The van der Waals surface area contributed by atoms with Crippen molar-refractivity contribution < 1.29 is 13.6 Å². The molecule has 0 aromatic heterocycles. The Bertz CT molecular complexity index is 102. The summed E-state index contributed by atoms with van der Waals surface area (Å²) in [6.45, 7) is 3.45. The molecule has 0 unspecified atom stereocenters. The van der Waals surface area contributed by atoms with Crippen LogP contribution >= 0.6 is 0 Å². The second-order valence-corrected chi connectivity index (χ2v) is 2.32. The van der Waals surface area contributed by atoms with Crippen LogP contribution in [0.15, 0.2) is 0 Å². The Labute approximate surface area is 58.6 Å². The topological polar surface area (TPSA) is 29.1 Å². The zero-order valence-electron chi connectivity index (χ0n) is 6.03. The maximum Gasteiger partial charge on any atom is 0.247 e. The van der Waals surface area contributed by atoms with Gasteiger partial charge in [0.2, 0.25) is 12.3 Å². The van der Waals surface area contributed by atoms with Gasteiger partial charge >= 0.3 is 0 Å². The summed E-state index contributed by atoms with van der Waals surface area (Å²) in [7, 11) is 0. The average Bonchev–Trinajstić information content (AvgIpc) is 1.58. The monoisotopic (exact) mass is 151 g/mol. The Kier molecular flexibility index (Phi) is 3.91. The third-order valence-corrected chi connectivity index (χ3v) is 0.789. The minimum Gasteiger partial charge on any atom is -0.354 e. The van der Waals surface area contributed by atoms with Crippen molar-refractivity contribution in [3.05, 3.63) is 0 Å². The first kappa shape index (κ1) is 9.33. The lowest BCUT2D eigenvalue weighted by Crippen LogP contribution is -2.31. The van der Waals surface area contributed by atoms with E-state index in [4.69, 9.17) is 0 Å². The molecule has 1 N–H and O–H groups in total. The molecule has 0 aromatic rings. The molecule has 0 saturated heterocycles. The van der Waals surface area contributed by atoms with Crippen LogP contribution in [0.4, 0.5) is 8.78 Å². The first-order valence-corrected chi connectivity index (χ1v) is 3.10. The molecule has 0 aromatic carbocycles. The van der Waals surface area contributed by atoms with Crippen LogP contribution in [-0.2, 0) is 4.79 Å². The largest absolute Gasteiger partial charge is 0.354 e. The van der Waals surface area contributed by atoms with Crippen molar-refractivity contribution in [1.82, 2.24) is 5.32 Å². The molecular formula is C6H11F2NO. The molecule has 0 fully saturated rings. The van der Waals surface area contributed by atoms with Crippen molar-refractivity contribution in [2.45, 2.75) is 32.7 Å². The van der Waals surface area contributed by atoms with Crippen LogP contribution in [0.25, 0.3) is 0 Å². The second kappa shape index (κ2) is 4.19. The van der Waals surface area contributed by atoms with E-state index in [-0.39, 0.29) is 6.04 Å². The Morgan fingerprint density at radius 1 is 1.50 bits per heavy atom. The van der Waals surface area contributed by atoms with Gasteiger partial charge in [-0.1, -0.05) is 0 Å². The lowest BCUT2D eigenvalue weighted by atomic mass is 10.3. The highest BCUT2D eigenvalue weighted by Crippen LogP contribution is 1.97. The van der Waals surface area contributed by atoms with E-state index in [2.05, 4.69) is 5.32 Å². The maximum absolute atomic E-state index is 11.5. The van der Waals surface area contributed by atoms with E-state index in [9.17, 15) is 13.6 Å². The molecule has 1 amide bonds. The molecule has 4 heteroatoms. The molecule has 0 atom stereocenters. The number of carbonyl (C=O) groups is 1. The van der Waals surface area contributed by atoms with E-state index in [1.54, 1.807) is 13.8 Å². The van der Waals surface area contributed by atoms with Crippen molar-refractivity contribution in [2.75, 3.05) is 0 Å². The summed E-state index contributed by atoms with van der Waals surface area (Å²) in [5.74, 6) is -0.593. The zero-order chi connectivity index (χ0) is 8.15. The van der Waals surface area contributed by atoms with Gasteiger partial charge in [-0.3, -0.25) is 4.79 Å². The van der Waals surface area contributed by atoms with Crippen LogP contribution in [0.5, 0.6) is 0 Å². The number of hydrogen-bond acceptors (Lipinski definition) is 1. The molecule has 0 aliphatic heterocycles. The molecule has 10 heavy (non-hydrogen) atoms. The Morgan fingerprint density at radius 3 is 2.30 bits per heavy atom. The van der Waals surface area contributed by atoms with Gasteiger partial charge in [0.15, 0.2) is 0 Å². The van der Waals surface area contributed by atoms with Gasteiger partial charge in [0.05, 0.1) is 6.42 Å². The van der Waals surface area contributed by atoms with Gasteiger partial charge in [-0.15, -0.1) is 0 Å². The number of hydrogen-bond donors (Lipinski definition) is 1. The predicted molar refractivity (Wildman–Crippen MR) is 33.9 cm³/mol. The fourth-order valence-electron chi connectivity index (χ4n) is 0.521. The van der Waals surface area contributed by atoms with Crippen LogP contribution in [0.3, 0.4) is 0 Å². The number of alkyl halides is 2. The fourth-order valence-corrected chi connectivity index (χ4v) is 0.521. The van der Waals surface area contributed by atoms with E-state index < -0.39 is 18.8 Å². The Morgan fingerprint density at radius 2 is 2.00 bits per heavy atom. The highest BCUT2D eigenvalue weighted by Gasteiger charge is 2.10. The van der Waals surface area contributed by atoms with Crippen molar-refractivity contribution >= 4 is 5.91 Å². The van der Waals surface area contributed by atoms with Gasteiger partial charge in [-0.25, -0.2) is 8.78 Å². The van der Waals surface area contributed by atoms with Crippen LogP contribution in [0.1, 0.15) is 20.3 Å². The number of amides is 1. The molecule has 0 aliphatic rings. The number of rotatable bonds is 3. The Balaban J connectivity index is 3.44. The summed E-state index contributed by atoms with van der Waals surface area (Å²) in [6, 6.07) is -0.0637. The maximum atomic E-state index is 11.5. The molecule has 2 nitrogen and oxygen atoms in total. The van der Waals surface area contributed by atoms with Crippen LogP contribution < -0.4 is 5.32 Å². The summed E-state index contributed by atoms with van der Waals surface area (Å²) >= 11 is 0. The molecule has 0 rings (SSSR count). The third-order valence-electron chi connectivity index (χ3n) is 0.789. The normalized spacial score (nSPS) is 10.6. The van der Waals surface area contributed by atoms with Crippen molar-refractivity contribution in [3.63, 3.8) is 0 Å². The van der Waals surface area contributed by atoms with E-state index in [0.717, 1.165) is 0 Å². The lowest BCUT2D eigenvalue weighted by molar-refractivity contribution is -0.124. The van der Waals surface area contributed by atoms with Gasteiger partial charge in [-0.05, 0) is 13.8 Å². The second-order valence-electron chi connectivity index (χ2n) is 2.32. The first-order chi connectivity index (χ1) is 4.52. The minimum atomic E-state index is -2.54. The van der Waals surface area contributed by atoms with E-state index in [1.165, 1.54) is 0 Å². The highest BCUT2D eigenvalue weighted by molar-refractivity contribution is 5.76. The molecular weight excluding hydrogens is 140 g/mol. The summed E-state index contributed by atoms with van der Waals surface area (Å²) in [6.07, 6.45) is -3.24. The summed E-state index contributed by atoms with van der Waals surface area (Å²) < 4.78 is 22.9. The smallest absolute Gasteiger partial charge is 0.247 e. The molecule has 0 aliphatic carbocycles. The van der Waals surface area contributed by atoms with Gasteiger partial charge in [-0.2, -0.15) is 0 Å². The summed E-state index contributed by atoms with van der Waals surface area (Å²) in [4.78, 5) is 10.5. The van der Waals surface area contributed by atoms with E-state index in [1.807, 2.05) is 0 Å². The lowest BCUT2D eigenvalue weighted by Gasteiger charge is -2.06. The van der Waals surface area contributed by atoms with Crippen LogP contribution in [0, 0.1) is 0 Å². The van der Waals surface area contributed by atoms with Crippen molar-refractivity contribution in [2.24, 2.45) is 0 Å². The number of nitrogens with one attached hydrogen (secondary N) is 1. The average molecular weight is 151 g/mol. The van der Waals surface area contributed by atoms with Gasteiger partial charge in [0.1, 0.15) is 0 Å². The number of halogens is 2. The van der Waals surface area contributed by atoms with Gasteiger partial charge in [0, 0.05) is 6.04 Å². The fraction of sp³-hybridized carbons (Fsp3) is 0.833.